The van der Waals surface area contributed by atoms with Gasteiger partial charge in [0.15, 0.2) is 0 Å². The lowest BCUT2D eigenvalue weighted by Gasteiger charge is -2.47. The maximum atomic E-state index is 12.7. The Bertz CT molecular complexity index is 595. The summed E-state index contributed by atoms with van der Waals surface area (Å²) in [4.78, 5) is 28.3. The number of carbonyl (C=O) groups is 2. The summed E-state index contributed by atoms with van der Waals surface area (Å²) < 4.78 is 5.12. The molecule has 2 aliphatic rings. The van der Waals surface area contributed by atoms with E-state index in [-0.39, 0.29) is 17.2 Å². The fraction of sp³-hybridized carbons (Fsp3) is 0.706. The van der Waals surface area contributed by atoms with Gasteiger partial charge in [-0.2, -0.15) is 0 Å². The highest BCUT2D eigenvalue weighted by Crippen LogP contribution is 2.40. The molecule has 0 saturated carbocycles. The van der Waals surface area contributed by atoms with Crippen LogP contribution in [0.3, 0.4) is 0 Å². The van der Waals surface area contributed by atoms with Gasteiger partial charge in [-0.25, -0.2) is 0 Å². The van der Waals surface area contributed by atoms with E-state index < -0.39 is 0 Å². The minimum absolute atomic E-state index is 0.0235. The molecule has 0 radical (unpaired) electrons. The van der Waals surface area contributed by atoms with Crippen molar-refractivity contribution >= 4 is 11.8 Å². The first-order valence-electron chi connectivity index (χ1n) is 8.39. The first-order valence-corrected chi connectivity index (χ1v) is 8.39. The summed E-state index contributed by atoms with van der Waals surface area (Å²) in [6.45, 7) is 8.44. The van der Waals surface area contributed by atoms with E-state index in [1.165, 1.54) is 0 Å². The molecule has 1 spiro atoms. The van der Waals surface area contributed by atoms with E-state index >= 15 is 0 Å². The zero-order valence-corrected chi connectivity index (χ0v) is 14.2. The molecule has 1 aromatic rings. The molecule has 0 aliphatic carbocycles. The number of aryl methyl sites for hydroxylation is 2. The van der Waals surface area contributed by atoms with Crippen LogP contribution >= 0.6 is 0 Å². The van der Waals surface area contributed by atoms with E-state index in [2.05, 4.69) is 5.16 Å². The average Bonchev–Trinajstić information content (AvgIpc) is 2.86. The molecular formula is C17H25N3O3. The van der Waals surface area contributed by atoms with Gasteiger partial charge in [0.05, 0.1) is 5.69 Å². The first kappa shape index (κ1) is 16.0. The van der Waals surface area contributed by atoms with Gasteiger partial charge < -0.3 is 14.3 Å². The summed E-state index contributed by atoms with van der Waals surface area (Å²) in [6.07, 6.45) is 4.15. The third kappa shape index (κ3) is 2.99. The predicted molar refractivity (Wildman–Crippen MR) is 85.0 cm³/mol. The summed E-state index contributed by atoms with van der Waals surface area (Å²) in [5.74, 6) is 0.779. The number of rotatable bonds is 1. The van der Waals surface area contributed by atoms with Crippen molar-refractivity contribution in [3.05, 3.63) is 17.0 Å². The number of carbonyl (C=O) groups excluding carboxylic acids is 2. The van der Waals surface area contributed by atoms with Gasteiger partial charge in [-0.15, -0.1) is 0 Å². The molecule has 2 saturated heterocycles. The zero-order chi connectivity index (χ0) is 16.6. The highest BCUT2D eigenvalue weighted by Gasteiger charge is 2.40. The monoisotopic (exact) mass is 319 g/mol. The summed E-state index contributed by atoms with van der Waals surface area (Å²) in [7, 11) is 0. The lowest BCUT2D eigenvalue weighted by molar-refractivity contribution is -0.133. The average molecular weight is 319 g/mol. The SMILES string of the molecule is CC(=O)N1CCCC2(CCN(C(=O)c3c(C)noc3C)CC2)C1. The summed E-state index contributed by atoms with van der Waals surface area (Å²) in [6, 6.07) is 0. The highest BCUT2D eigenvalue weighted by molar-refractivity contribution is 5.96. The summed E-state index contributed by atoms with van der Waals surface area (Å²) in [5, 5.41) is 3.88. The molecule has 2 aliphatic heterocycles. The Balaban J connectivity index is 1.66. The standard InChI is InChI=1S/C17H25N3O3/c1-12-15(13(2)23-18-12)16(22)19-9-6-17(7-10-19)5-4-8-20(11-17)14(3)21/h4-11H2,1-3H3. The minimum Gasteiger partial charge on any atom is -0.361 e. The number of piperidine rings is 2. The molecule has 2 fully saturated rings. The van der Waals surface area contributed by atoms with Gasteiger partial charge in [0.2, 0.25) is 5.91 Å². The van der Waals surface area contributed by atoms with Crippen LogP contribution in [-0.2, 0) is 4.79 Å². The number of hydrogen-bond donors (Lipinski definition) is 0. The molecule has 3 rings (SSSR count). The second-order valence-electron chi connectivity index (χ2n) is 7.04. The zero-order valence-electron chi connectivity index (χ0n) is 14.2. The van der Waals surface area contributed by atoms with Crippen molar-refractivity contribution in [3.63, 3.8) is 0 Å². The molecule has 2 amide bonds. The lowest BCUT2D eigenvalue weighted by Crippen LogP contribution is -2.51. The van der Waals surface area contributed by atoms with Gasteiger partial charge in [-0.1, -0.05) is 5.16 Å². The number of nitrogens with zero attached hydrogens (tertiary/aromatic N) is 3. The molecule has 0 atom stereocenters. The van der Waals surface area contributed by atoms with Gasteiger partial charge in [0.1, 0.15) is 11.3 Å². The smallest absolute Gasteiger partial charge is 0.259 e. The Morgan fingerprint density at radius 1 is 1.09 bits per heavy atom. The normalized spacial score (nSPS) is 20.8. The number of likely N-dealkylation sites (tertiary alicyclic amines) is 2. The predicted octanol–water partition coefficient (Wildman–Crippen LogP) is 2.16. The van der Waals surface area contributed by atoms with Crippen LogP contribution in [0.5, 0.6) is 0 Å². The molecule has 0 aromatic carbocycles. The molecule has 6 heteroatoms. The van der Waals surface area contributed by atoms with E-state index in [4.69, 9.17) is 4.52 Å². The number of amides is 2. The Labute approximate surface area is 136 Å². The minimum atomic E-state index is 0.0235. The second-order valence-corrected chi connectivity index (χ2v) is 7.04. The molecule has 6 nitrogen and oxygen atoms in total. The fourth-order valence-corrected chi connectivity index (χ4v) is 4.02. The molecule has 23 heavy (non-hydrogen) atoms. The summed E-state index contributed by atoms with van der Waals surface area (Å²) in [5.41, 5.74) is 1.46. The number of hydrogen-bond acceptors (Lipinski definition) is 4. The van der Waals surface area contributed by atoms with Crippen LogP contribution in [0.25, 0.3) is 0 Å². The van der Waals surface area contributed by atoms with Crippen molar-refractivity contribution in [2.75, 3.05) is 26.2 Å². The molecule has 3 heterocycles. The van der Waals surface area contributed by atoms with E-state index in [9.17, 15) is 9.59 Å². The van der Waals surface area contributed by atoms with Crippen molar-refractivity contribution in [3.8, 4) is 0 Å². The summed E-state index contributed by atoms with van der Waals surface area (Å²) >= 11 is 0. The highest BCUT2D eigenvalue weighted by atomic mass is 16.5. The molecule has 126 valence electrons. The van der Waals surface area contributed by atoms with Crippen LogP contribution < -0.4 is 0 Å². The van der Waals surface area contributed by atoms with Crippen LogP contribution in [0, 0.1) is 19.3 Å². The molecule has 0 unspecified atom stereocenters. The van der Waals surface area contributed by atoms with Crippen LogP contribution in [0.15, 0.2) is 4.52 Å². The van der Waals surface area contributed by atoms with E-state index in [0.29, 0.717) is 17.0 Å². The van der Waals surface area contributed by atoms with E-state index in [1.54, 1.807) is 20.8 Å². The van der Waals surface area contributed by atoms with E-state index in [0.717, 1.165) is 51.9 Å². The number of aromatic nitrogens is 1. The van der Waals surface area contributed by atoms with Gasteiger partial charge in [-0.05, 0) is 44.9 Å². The van der Waals surface area contributed by atoms with E-state index in [1.807, 2.05) is 9.80 Å². The molecule has 0 bridgehead atoms. The first-order chi connectivity index (χ1) is 10.9. The van der Waals surface area contributed by atoms with Crippen molar-refractivity contribution < 1.29 is 14.1 Å². The van der Waals surface area contributed by atoms with Crippen LogP contribution in [-0.4, -0.2) is 52.9 Å². The Kier molecular flexibility index (Phi) is 4.17. The van der Waals surface area contributed by atoms with Crippen LogP contribution in [0.4, 0.5) is 0 Å². The Morgan fingerprint density at radius 3 is 2.35 bits per heavy atom. The van der Waals surface area contributed by atoms with Gasteiger partial charge in [-0.3, -0.25) is 9.59 Å². The molecule has 0 N–H and O–H groups in total. The van der Waals surface area contributed by atoms with Gasteiger partial charge in [0.25, 0.3) is 5.91 Å². The maximum absolute atomic E-state index is 12.7. The lowest BCUT2D eigenvalue weighted by atomic mass is 9.72. The Hall–Kier alpha value is -1.85. The third-order valence-electron chi connectivity index (χ3n) is 5.47. The Morgan fingerprint density at radius 2 is 1.78 bits per heavy atom. The van der Waals surface area contributed by atoms with Crippen LogP contribution in [0.1, 0.15) is 54.4 Å². The topological polar surface area (TPSA) is 66.7 Å². The van der Waals surface area contributed by atoms with Crippen LogP contribution in [0.2, 0.25) is 0 Å². The third-order valence-corrected chi connectivity index (χ3v) is 5.47. The van der Waals surface area contributed by atoms with Crippen molar-refractivity contribution in [1.82, 2.24) is 15.0 Å². The van der Waals surface area contributed by atoms with Gasteiger partial charge in [0, 0.05) is 33.1 Å². The van der Waals surface area contributed by atoms with Crippen molar-refractivity contribution in [2.45, 2.75) is 46.5 Å². The largest absolute Gasteiger partial charge is 0.361 e. The second kappa shape index (κ2) is 5.98. The molecular weight excluding hydrogens is 294 g/mol. The van der Waals surface area contributed by atoms with Crippen molar-refractivity contribution in [1.29, 1.82) is 0 Å². The molecule has 1 aromatic heterocycles. The quantitative estimate of drug-likeness (QED) is 0.795. The maximum Gasteiger partial charge on any atom is 0.259 e. The fourth-order valence-electron chi connectivity index (χ4n) is 4.02. The van der Waals surface area contributed by atoms with Gasteiger partial charge >= 0.3 is 0 Å². The van der Waals surface area contributed by atoms with Crippen molar-refractivity contribution in [2.24, 2.45) is 5.41 Å².